The molecule has 0 aromatic carbocycles. The quantitative estimate of drug-likeness (QED) is 0.779. The number of carbonyl (C=O) groups is 1. The van der Waals surface area contributed by atoms with Gasteiger partial charge in [-0.2, -0.15) is 5.26 Å². The van der Waals surface area contributed by atoms with Crippen LogP contribution < -0.4 is 0 Å². The Morgan fingerprint density at radius 1 is 1.61 bits per heavy atom. The molecule has 1 aliphatic heterocycles. The fourth-order valence-corrected chi connectivity index (χ4v) is 4.06. The van der Waals surface area contributed by atoms with Crippen LogP contribution in [0.3, 0.4) is 0 Å². The van der Waals surface area contributed by atoms with E-state index in [1.165, 1.54) is 10.4 Å². The van der Waals surface area contributed by atoms with E-state index in [0.29, 0.717) is 12.5 Å². The first-order chi connectivity index (χ1) is 8.64. The molecule has 3 nitrogen and oxygen atoms in total. The van der Waals surface area contributed by atoms with Crippen LogP contribution in [0.2, 0.25) is 0 Å². The zero-order valence-corrected chi connectivity index (χ0v) is 11.3. The number of hydrogen-bond acceptors (Lipinski definition) is 3. The van der Waals surface area contributed by atoms with Gasteiger partial charge in [-0.1, -0.05) is 6.92 Å². The van der Waals surface area contributed by atoms with Gasteiger partial charge in [0.25, 0.3) is 0 Å². The van der Waals surface area contributed by atoms with Crippen LogP contribution in [0.25, 0.3) is 0 Å². The van der Waals surface area contributed by atoms with Gasteiger partial charge in [-0.25, -0.2) is 0 Å². The third-order valence-electron chi connectivity index (χ3n) is 4.11. The van der Waals surface area contributed by atoms with Crippen LogP contribution in [-0.4, -0.2) is 17.4 Å². The molecule has 0 unspecified atom stereocenters. The van der Waals surface area contributed by atoms with Gasteiger partial charge in [0.1, 0.15) is 5.41 Å². The molecule has 0 radical (unpaired) electrons. The van der Waals surface area contributed by atoms with Crippen molar-refractivity contribution in [3.63, 3.8) is 0 Å². The van der Waals surface area contributed by atoms with Gasteiger partial charge >= 0.3 is 0 Å². The molecule has 0 N–H and O–H groups in total. The monoisotopic (exact) mass is 260 g/mol. The highest BCUT2D eigenvalue weighted by molar-refractivity contribution is 7.10. The van der Waals surface area contributed by atoms with E-state index in [4.69, 9.17) is 0 Å². The summed E-state index contributed by atoms with van der Waals surface area (Å²) >= 11 is 1.77. The van der Waals surface area contributed by atoms with Crippen LogP contribution in [0.5, 0.6) is 0 Å². The maximum Gasteiger partial charge on any atom is 0.243 e. The molecule has 1 aromatic rings. The summed E-state index contributed by atoms with van der Waals surface area (Å²) < 4.78 is 0. The second-order valence-corrected chi connectivity index (χ2v) is 6.55. The maximum absolute atomic E-state index is 12.5. The number of amides is 1. The Morgan fingerprint density at radius 3 is 3.06 bits per heavy atom. The molecular formula is C14H16N2OS. The summed E-state index contributed by atoms with van der Waals surface area (Å²) in [4.78, 5) is 15.8. The van der Waals surface area contributed by atoms with E-state index < -0.39 is 5.41 Å². The lowest BCUT2D eigenvalue weighted by Crippen LogP contribution is -2.51. The molecule has 1 saturated carbocycles. The smallest absolute Gasteiger partial charge is 0.243 e. The summed E-state index contributed by atoms with van der Waals surface area (Å²) in [5.74, 6) is 0.565. The Hall–Kier alpha value is -1.34. The van der Waals surface area contributed by atoms with Crippen molar-refractivity contribution >= 4 is 17.2 Å². The van der Waals surface area contributed by atoms with Crippen molar-refractivity contribution in [3.05, 3.63) is 21.9 Å². The lowest BCUT2D eigenvalue weighted by atomic mass is 9.62. The van der Waals surface area contributed by atoms with Crippen molar-refractivity contribution in [1.29, 1.82) is 5.26 Å². The summed E-state index contributed by atoms with van der Waals surface area (Å²) in [5, 5.41) is 11.4. The van der Waals surface area contributed by atoms with Crippen molar-refractivity contribution in [1.82, 2.24) is 4.90 Å². The Labute approximate surface area is 111 Å². The molecule has 2 aliphatic rings. The lowest BCUT2D eigenvalue weighted by Gasteiger charge is -2.43. The van der Waals surface area contributed by atoms with Crippen molar-refractivity contribution in [3.8, 4) is 6.07 Å². The highest BCUT2D eigenvalue weighted by Crippen LogP contribution is 2.46. The third kappa shape index (κ3) is 1.65. The largest absolute Gasteiger partial charge is 0.337 e. The van der Waals surface area contributed by atoms with E-state index in [2.05, 4.69) is 24.4 Å². The molecule has 4 heteroatoms. The summed E-state index contributed by atoms with van der Waals surface area (Å²) in [5.41, 5.74) is 0.549. The van der Waals surface area contributed by atoms with Crippen LogP contribution in [-0.2, 0) is 17.8 Å². The molecule has 1 amide bonds. The summed E-state index contributed by atoms with van der Waals surface area (Å²) in [7, 11) is 0. The van der Waals surface area contributed by atoms with E-state index >= 15 is 0 Å². The molecule has 0 spiro atoms. The average molecular weight is 260 g/mol. The molecule has 0 bridgehead atoms. The van der Waals surface area contributed by atoms with Gasteiger partial charge in [0, 0.05) is 18.0 Å². The Bertz CT molecular complexity index is 522. The minimum absolute atomic E-state index is 0.0555. The molecule has 94 valence electrons. The highest BCUT2D eigenvalue weighted by Gasteiger charge is 2.50. The second kappa shape index (κ2) is 4.10. The molecule has 1 aliphatic carbocycles. The zero-order valence-electron chi connectivity index (χ0n) is 10.5. The van der Waals surface area contributed by atoms with Crippen LogP contribution >= 0.6 is 11.3 Å². The summed E-state index contributed by atoms with van der Waals surface area (Å²) in [6.07, 6.45) is 2.40. The van der Waals surface area contributed by atoms with E-state index in [-0.39, 0.29) is 5.91 Å². The standard InChI is InChI=1S/C14H16N2OS/c1-10-6-14(7-10,9-15)13(17)16-4-2-12-11(8-16)3-5-18-12/h3,5,10H,2,4,6-8H2,1H3. The average Bonchev–Trinajstić information content (AvgIpc) is 2.80. The molecule has 0 saturated heterocycles. The van der Waals surface area contributed by atoms with Gasteiger partial charge in [0.15, 0.2) is 0 Å². The van der Waals surface area contributed by atoms with Gasteiger partial charge < -0.3 is 4.90 Å². The normalized spacial score (nSPS) is 30.2. The van der Waals surface area contributed by atoms with Crippen molar-refractivity contribution in [2.24, 2.45) is 11.3 Å². The topological polar surface area (TPSA) is 44.1 Å². The van der Waals surface area contributed by atoms with E-state index in [1.807, 2.05) is 4.90 Å². The molecule has 1 fully saturated rings. The number of hydrogen-bond donors (Lipinski definition) is 0. The molecule has 3 rings (SSSR count). The second-order valence-electron chi connectivity index (χ2n) is 5.55. The Kier molecular flexibility index (Phi) is 2.67. The summed E-state index contributed by atoms with van der Waals surface area (Å²) in [6, 6.07) is 4.37. The predicted molar refractivity (Wildman–Crippen MR) is 69.9 cm³/mol. The predicted octanol–water partition coefficient (Wildman–Crippen LogP) is 2.57. The fourth-order valence-electron chi connectivity index (χ4n) is 3.17. The Balaban J connectivity index is 1.77. The van der Waals surface area contributed by atoms with Crippen molar-refractivity contribution < 1.29 is 4.79 Å². The number of rotatable bonds is 1. The van der Waals surface area contributed by atoms with Gasteiger partial charge in [0.2, 0.25) is 5.91 Å². The van der Waals surface area contributed by atoms with Crippen LogP contribution in [0, 0.1) is 22.7 Å². The van der Waals surface area contributed by atoms with Gasteiger partial charge in [-0.05, 0) is 42.2 Å². The SMILES string of the molecule is CC1CC(C#N)(C(=O)N2CCc3sccc3C2)C1. The number of fused-ring (bicyclic) bond motifs is 1. The Morgan fingerprint density at radius 2 is 2.39 bits per heavy atom. The molecule has 0 atom stereocenters. The number of thiophene rings is 1. The maximum atomic E-state index is 12.5. The van der Waals surface area contributed by atoms with Gasteiger partial charge in [0.05, 0.1) is 6.07 Å². The van der Waals surface area contributed by atoms with Crippen LogP contribution in [0.15, 0.2) is 11.4 Å². The molecule has 18 heavy (non-hydrogen) atoms. The lowest BCUT2D eigenvalue weighted by molar-refractivity contribution is -0.146. The fraction of sp³-hybridized carbons (Fsp3) is 0.571. The molecule has 2 heterocycles. The zero-order chi connectivity index (χ0) is 12.8. The first-order valence-corrected chi connectivity index (χ1v) is 7.28. The van der Waals surface area contributed by atoms with E-state index in [0.717, 1.165) is 25.8 Å². The van der Waals surface area contributed by atoms with Gasteiger partial charge in [-0.15, -0.1) is 11.3 Å². The molecular weight excluding hydrogens is 244 g/mol. The minimum Gasteiger partial charge on any atom is -0.337 e. The number of nitrogens with zero attached hydrogens (tertiary/aromatic N) is 2. The third-order valence-corrected chi connectivity index (χ3v) is 5.14. The van der Waals surface area contributed by atoms with Crippen LogP contribution in [0.1, 0.15) is 30.2 Å². The van der Waals surface area contributed by atoms with Crippen LogP contribution in [0.4, 0.5) is 0 Å². The van der Waals surface area contributed by atoms with Crippen molar-refractivity contribution in [2.75, 3.05) is 6.54 Å². The number of carbonyl (C=O) groups excluding carboxylic acids is 1. The minimum atomic E-state index is -0.715. The molecule has 1 aromatic heterocycles. The summed E-state index contributed by atoms with van der Waals surface area (Å²) in [6.45, 7) is 3.57. The highest BCUT2D eigenvalue weighted by atomic mass is 32.1. The van der Waals surface area contributed by atoms with Gasteiger partial charge in [-0.3, -0.25) is 4.79 Å². The van der Waals surface area contributed by atoms with Crippen molar-refractivity contribution in [2.45, 2.75) is 32.7 Å². The van der Waals surface area contributed by atoms with E-state index in [9.17, 15) is 10.1 Å². The van der Waals surface area contributed by atoms with E-state index in [1.54, 1.807) is 11.3 Å². The first kappa shape index (κ1) is 11.7. The number of nitriles is 1. The first-order valence-electron chi connectivity index (χ1n) is 6.40.